The van der Waals surface area contributed by atoms with Crippen LogP contribution in [-0.4, -0.2) is 13.1 Å². The Hall–Kier alpha value is -0.790. The van der Waals surface area contributed by atoms with Gasteiger partial charge in [-0.25, -0.2) is 0 Å². The number of rotatable bonds is 3. The summed E-state index contributed by atoms with van der Waals surface area (Å²) in [6, 6.07) is 0. The third-order valence-corrected chi connectivity index (χ3v) is 3.67. The van der Waals surface area contributed by atoms with E-state index in [0.29, 0.717) is 6.42 Å². The van der Waals surface area contributed by atoms with Crippen LogP contribution in [-0.2, 0) is 9.53 Å². The molecule has 0 amide bonds. The van der Waals surface area contributed by atoms with Crippen molar-refractivity contribution in [3.63, 3.8) is 0 Å². The molecule has 2 aliphatic carbocycles. The molecule has 2 bridgehead atoms. The van der Waals surface area contributed by atoms with Crippen LogP contribution in [0.1, 0.15) is 32.1 Å². The van der Waals surface area contributed by atoms with Crippen molar-refractivity contribution in [2.45, 2.75) is 32.1 Å². The van der Waals surface area contributed by atoms with Gasteiger partial charge in [-0.3, -0.25) is 4.79 Å². The van der Waals surface area contributed by atoms with Crippen LogP contribution in [0.15, 0.2) is 12.2 Å². The largest absolute Gasteiger partial charge is 0.469 e. The molecule has 0 aromatic carbocycles. The highest BCUT2D eigenvalue weighted by molar-refractivity contribution is 5.69. The molecule has 0 aromatic heterocycles. The SMILES string of the molecule is COC(=O)CCC1CC2C=CCC1C2. The van der Waals surface area contributed by atoms with Gasteiger partial charge in [0.2, 0.25) is 0 Å². The van der Waals surface area contributed by atoms with Gasteiger partial charge in [0.25, 0.3) is 0 Å². The van der Waals surface area contributed by atoms with Crippen LogP contribution in [0, 0.1) is 17.8 Å². The Morgan fingerprint density at radius 2 is 2.36 bits per heavy atom. The van der Waals surface area contributed by atoms with Gasteiger partial charge in [-0.1, -0.05) is 12.2 Å². The first-order chi connectivity index (χ1) is 6.79. The number of carbonyl (C=O) groups is 1. The van der Waals surface area contributed by atoms with Crippen LogP contribution >= 0.6 is 0 Å². The van der Waals surface area contributed by atoms with Gasteiger partial charge < -0.3 is 4.74 Å². The van der Waals surface area contributed by atoms with Gasteiger partial charge >= 0.3 is 5.97 Å². The Kier molecular flexibility index (Phi) is 2.90. The zero-order chi connectivity index (χ0) is 9.97. The van der Waals surface area contributed by atoms with E-state index in [1.807, 2.05) is 0 Å². The van der Waals surface area contributed by atoms with Gasteiger partial charge in [-0.15, -0.1) is 0 Å². The summed E-state index contributed by atoms with van der Waals surface area (Å²) in [6.45, 7) is 0. The normalized spacial score (nSPS) is 34.5. The number of carbonyl (C=O) groups excluding carboxylic acids is 1. The number of methoxy groups -OCH3 is 1. The molecule has 2 rings (SSSR count). The summed E-state index contributed by atoms with van der Waals surface area (Å²) in [5, 5.41) is 0. The zero-order valence-electron chi connectivity index (χ0n) is 8.74. The van der Waals surface area contributed by atoms with Crippen LogP contribution in [0.4, 0.5) is 0 Å². The minimum absolute atomic E-state index is 0.0561. The predicted molar refractivity (Wildman–Crippen MR) is 54.7 cm³/mol. The third-order valence-electron chi connectivity index (χ3n) is 3.67. The fourth-order valence-electron chi connectivity index (χ4n) is 2.91. The van der Waals surface area contributed by atoms with Gasteiger partial charge in [0, 0.05) is 6.42 Å². The van der Waals surface area contributed by atoms with Crippen molar-refractivity contribution in [3.8, 4) is 0 Å². The number of esters is 1. The first-order valence-electron chi connectivity index (χ1n) is 5.53. The van der Waals surface area contributed by atoms with Crippen molar-refractivity contribution in [3.05, 3.63) is 12.2 Å². The highest BCUT2D eigenvalue weighted by atomic mass is 16.5. The van der Waals surface area contributed by atoms with E-state index in [-0.39, 0.29) is 5.97 Å². The van der Waals surface area contributed by atoms with E-state index in [4.69, 9.17) is 0 Å². The number of hydrogen-bond donors (Lipinski definition) is 0. The average Bonchev–Trinajstić information content (AvgIpc) is 2.50. The van der Waals surface area contributed by atoms with Gasteiger partial charge in [0.15, 0.2) is 0 Å². The molecule has 78 valence electrons. The summed E-state index contributed by atoms with van der Waals surface area (Å²) in [6.07, 6.45) is 10.2. The predicted octanol–water partition coefficient (Wildman–Crippen LogP) is 2.54. The molecule has 0 heterocycles. The number of fused-ring (bicyclic) bond motifs is 2. The maximum absolute atomic E-state index is 11.0. The standard InChI is InChI=1S/C12H18O2/c1-14-12(13)6-5-11-8-9-3-2-4-10(11)7-9/h2-3,9-11H,4-8H2,1H3. The summed E-state index contributed by atoms with van der Waals surface area (Å²) in [7, 11) is 1.47. The fourth-order valence-corrected chi connectivity index (χ4v) is 2.91. The molecule has 0 N–H and O–H groups in total. The first-order valence-corrected chi connectivity index (χ1v) is 5.53. The van der Waals surface area contributed by atoms with E-state index < -0.39 is 0 Å². The first kappa shape index (κ1) is 9.75. The molecule has 0 radical (unpaired) electrons. The van der Waals surface area contributed by atoms with Crippen molar-refractivity contribution in [2.24, 2.45) is 17.8 Å². The Morgan fingerprint density at radius 3 is 3.07 bits per heavy atom. The highest BCUT2D eigenvalue weighted by Gasteiger charge is 2.34. The molecule has 2 aliphatic rings. The van der Waals surface area contributed by atoms with Gasteiger partial charge in [-0.2, -0.15) is 0 Å². The second-order valence-electron chi connectivity index (χ2n) is 4.53. The molecule has 1 saturated carbocycles. The maximum Gasteiger partial charge on any atom is 0.305 e. The summed E-state index contributed by atoms with van der Waals surface area (Å²) < 4.78 is 4.67. The van der Waals surface area contributed by atoms with E-state index in [9.17, 15) is 4.79 Å². The summed E-state index contributed by atoms with van der Waals surface area (Å²) in [5.74, 6) is 2.35. The van der Waals surface area contributed by atoms with Crippen molar-refractivity contribution in [1.82, 2.24) is 0 Å². The Labute approximate surface area is 85.3 Å². The molecular weight excluding hydrogens is 176 g/mol. The van der Waals surface area contributed by atoms with Crippen molar-refractivity contribution >= 4 is 5.97 Å². The van der Waals surface area contributed by atoms with Gasteiger partial charge in [-0.05, 0) is 43.4 Å². The lowest BCUT2D eigenvalue weighted by molar-refractivity contribution is -0.141. The van der Waals surface area contributed by atoms with Crippen LogP contribution in [0.2, 0.25) is 0 Å². The molecule has 0 saturated heterocycles. The molecule has 0 spiro atoms. The molecule has 3 unspecified atom stereocenters. The van der Waals surface area contributed by atoms with Crippen molar-refractivity contribution in [1.29, 1.82) is 0 Å². The molecule has 0 aliphatic heterocycles. The number of hydrogen-bond acceptors (Lipinski definition) is 2. The van der Waals surface area contributed by atoms with E-state index in [0.717, 1.165) is 24.2 Å². The Balaban J connectivity index is 1.80. The van der Waals surface area contributed by atoms with Gasteiger partial charge in [0.1, 0.15) is 0 Å². The van der Waals surface area contributed by atoms with E-state index in [1.165, 1.54) is 26.4 Å². The second kappa shape index (κ2) is 4.16. The molecule has 2 nitrogen and oxygen atoms in total. The van der Waals surface area contributed by atoms with E-state index in [1.54, 1.807) is 0 Å². The van der Waals surface area contributed by atoms with Gasteiger partial charge in [0.05, 0.1) is 7.11 Å². The zero-order valence-corrected chi connectivity index (χ0v) is 8.74. The Morgan fingerprint density at radius 1 is 1.50 bits per heavy atom. The van der Waals surface area contributed by atoms with Crippen molar-refractivity contribution in [2.75, 3.05) is 7.11 Å². The molecule has 0 aromatic rings. The number of ether oxygens (including phenoxy) is 1. The summed E-state index contributed by atoms with van der Waals surface area (Å²) in [4.78, 5) is 11.0. The molecule has 1 fully saturated rings. The second-order valence-corrected chi connectivity index (χ2v) is 4.53. The minimum atomic E-state index is -0.0561. The lowest BCUT2D eigenvalue weighted by Crippen LogP contribution is -2.10. The molecular formula is C12H18O2. The van der Waals surface area contributed by atoms with Crippen LogP contribution in [0.25, 0.3) is 0 Å². The molecule has 2 heteroatoms. The van der Waals surface area contributed by atoms with E-state index in [2.05, 4.69) is 16.9 Å². The minimum Gasteiger partial charge on any atom is -0.469 e. The summed E-state index contributed by atoms with van der Waals surface area (Å²) in [5.41, 5.74) is 0. The molecule has 3 atom stereocenters. The summed E-state index contributed by atoms with van der Waals surface area (Å²) >= 11 is 0. The van der Waals surface area contributed by atoms with E-state index >= 15 is 0 Å². The molecule has 14 heavy (non-hydrogen) atoms. The quantitative estimate of drug-likeness (QED) is 0.510. The maximum atomic E-state index is 11.0. The third kappa shape index (κ3) is 1.99. The average molecular weight is 194 g/mol. The lowest BCUT2D eigenvalue weighted by atomic mass is 9.88. The van der Waals surface area contributed by atoms with Crippen molar-refractivity contribution < 1.29 is 9.53 Å². The monoisotopic (exact) mass is 194 g/mol. The Bertz CT molecular complexity index is 245. The van der Waals surface area contributed by atoms with Crippen LogP contribution < -0.4 is 0 Å². The fraction of sp³-hybridized carbons (Fsp3) is 0.750. The van der Waals surface area contributed by atoms with Crippen LogP contribution in [0.5, 0.6) is 0 Å². The van der Waals surface area contributed by atoms with Crippen LogP contribution in [0.3, 0.4) is 0 Å². The smallest absolute Gasteiger partial charge is 0.305 e. The highest BCUT2D eigenvalue weighted by Crippen LogP contribution is 2.44. The lowest BCUT2D eigenvalue weighted by Gasteiger charge is -2.17. The number of allylic oxidation sites excluding steroid dienone is 2. The topological polar surface area (TPSA) is 26.3 Å².